The molecule has 3 heterocycles. The van der Waals surface area contributed by atoms with Gasteiger partial charge in [0.05, 0.1) is 0 Å². The van der Waals surface area contributed by atoms with Crippen molar-refractivity contribution in [1.29, 1.82) is 0 Å². The van der Waals surface area contributed by atoms with E-state index in [0.717, 1.165) is 24.4 Å². The Bertz CT molecular complexity index is 776. The molecule has 3 rings (SSSR count). The molecule has 1 aromatic heterocycles. The summed E-state index contributed by atoms with van der Waals surface area (Å²) in [5.74, 6) is 0.668. The maximum absolute atomic E-state index is 12.2. The third-order valence-electron chi connectivity index (χ3n) is 3.74. The molecular formula is C22H33N5O2. The molecule has 0 aromatic carbocycles. The Morgan fingerprint density at radius 3 is 2.31 bits per heavy atom. The van der Waals surface area contributed by atoms with Gasteiger partial charge in [0.2, 0.25) is 0 Å². The second-order valence-corrected chi connectivity index (χ2v) is 6.88. The fourth-order valence-electron chi connectivity index (χ4n) is 2.42. The standard InChI is InChI=1S/C15H17N5O.C4H8O.C3H8/c1-8(2)11-6-12(10-4-5-13(17)18-7-10)15(21)20-14(11)19-9(3)16;1-2-4-5-3-1;1-3-2/h4-7H,3,16H2,1-2H3,(H2,17,18)(H,19,20,21);1-4H2;3H2,1-2H3. The van der Waals surface area contributed by atoms with Crippen LogP contribution in [0.5, 0.6) is 0 Å². The average molecular weight is 400 g/mol. The maximum Gasteiger partial charge on any atom is 0.257 e. The summed E-state index contributed by atoms with van der Waals surface area (Å²) in [6.07, 6.45) is 7.14. The van der Waals surface area contributed by atoms with Crippen LogP contribution in [0.3, 0.4) is 0 Å². The molecule has 1 saturated heterocycles. The number of carbonyl (C=O) groups excluding carboxylic acids is 1. The van der Waals surface area contributed by atoms with Crippen molar-refractivity contribution in [2.45, 2.75) is 47.0 Å². The van der Waals surface area contributed by atoms with E-state index < -0.39 is 0 Å². The minimum atomic E-state index is -0.272. The van der Waals surface area contributed by atoms with E-state index in [-0.39, 0.29) is 11.7 Å². The quantitative estimate of drug-likeness (QED) is 0.703. The molecule has 158 valence electrons. The smallest absolute Gasteiger partial charge is 0.257 e. The van der Waals surface area contributed by atoms with Gasteiger partial charge in [0.15, 0.2) is 0 Å². The van der Waals surface area contributed by atoms with E-state index in [1.165, 1.54) is 19.3 Å². The van der Waals surface area contributed by atoms with Gasteiger partial charge in [0.1, 0.15) is 17.5 Å². The number of hydrogen-bond acceptors (Lipinski definition) is 6. The molecule has 5 N–H and O–H groups in total. The fraction of sp³-hybridized carbons (Fsp3) is 0.409. The van der Waals surface area contributed by atoms with E-state index in [0.29, 0.717) is 22.8 Å². The number of anilines is 1. The number of aliphatic imine (C=N–C) groups is 1. The lowest BCUT2D eigenvalue weighted by molar-refractivity contribution is -0.114. The Labute approximate surface area is 173 Å². The lowest BCUT2D eigenvalue weighted by atomic mass is 9.97. The number of allylic oxidation sites excluding steroid dienone is 1. The highest BCUT2D eigenvalue weighted by Crippen LogP contribution is 2.23. The van der Waals surface area contributed by atoms with Gasteiger partial charge in [-0.15, -0.1) is 0 Å². The molecule has 1 fully saturated rings. The zero-order chi connectivity index (χ0) is 21.8. The number of nitrogens with two attached hydrogens (primary N) is 2. The van der Waals surface area contributed by atoms with Crippen molar-refractivity contribution in [3.05, 3.63) is 53.5 Å². The number of amides is 1. The first-order valence-corrected chi connectivity index (χ1v) is 9.83. The van der Waals surface area contributed by atoms with Crippen LogP contribution in [0, 0.1) is 0 Å². The van der Waals surface area contributed by atoms with Gasteiger partial charge in [0.25, 0.3) is 5.91 Å². The van der Waals surface area contributed by atoms with Crippen LogP contribution in [0.2, 0.25) is 0 Å². The molecule has 2 aliphatic rings. The fourth-order valence-corrected chi connectivity index (χ4v) is 2.42. The Morgan fingerprint density at radius 1 is 1.28 bits per heavy atom. The molecule has 0 bridgehead atoms. The molecule has 7 nitrogen and oxygen atoms in total. The molecule has 0 unspecified atom stereocenters. The summed E-state index contributed by atoms with van der Waals surface area (Å²) in [5, 5.41) is 2.73. The summed E-state index contributed by atoms with van der Waals surface area (Å²) in [6.45, 7) is 13.6. The van der Waals surface area contributed by atoms with Gasteiger partial charge in [-0.05, 0) is 44.9 Å². The maximum atomic E-state index is 12.2. The number of amidine groups is 1. The normalized spacial score (nSPS) is 16.7. The molecule has 0 spiro atoms. The average Bonchev–Trinajstić information content (AvgIpc) is 3.23. The zero-order valence-electron chi connectivity index (χ0n) is 17.9. The number of hydrogen-bond donors (Lipinski definition) is 3. The summed E-state index contributed by atoms with van der Waals surface area (Å²) in [7, 11) is 0. The molecule has 1 aromatic rings. The third-order valence-corrected chi connectivity index (χ3v) is 3.74. The van der Waals surface area contributed by atoms with Gasteiger partial charge >= 0.3 is 0 Å². The molecule has 29 heavy (non-hydrogen) atoms. The molecule has 0 saturated carbocycles. The molecular weight excluding hydrogens is 366 g/mol. The zero-order valence-corrected chi connectivity index (χ0v) is 17.9. The SMILES string of the molecule is C1CCOC1.C=C(N)/N=C1/NC(=O)C(c2ccc(N)nc2)=CC1=C(C)C.CCC. The van der Waals surface area contributed by atoms with E-state index in [4.69, 9.17) is 16.2 Å². The Hall–Kier alpha value is -2.93. The second kappa shape index (κ2) is 12.5. The van der Waals surface area contributed by atoms with E-state index in [2.05, 4.69) is 35.7 Å². The Balaban J connectivity index is 0.000000440. The van der Waals surface area contributed by atoms with E-state index in [1.54, 1.807) is 24.4 Å². The van der Waals surface area contributed by atoms with Crippen LogP contribution in [-0.2, 0) is 9.53 Å². The molecule has 7 heteroatoms. The second-order valence-electron chi connectivity index (χ2n) is 6.88. The lowest BCUT2D eigenvalue weighted by Crippen LogP contribution is -2.36. The highest BCUT2D eigenvalue weighted by Gasteiger charge is 2.23. The number of pyridine rings is 1. The van der Waals surface area contributed by atoms with Gasteiger partial charge in [-0.25, -0.2) is 9.98 Å². The van der Waals surface area contributed by atoms with Gasteiger partial charge in [0, 0.05) is 36.1 Å². The van der Waals surface area contributed by atoms with Crippen molar-refractivity contribution >= 4 is 23.1 Å². The van der Waals surface area contributed by atoms with Gasteiger partial charge in [-0.3, -0.25) is 4.79 Å². The number of nitrogen functional groups attached to an aromatic ring is 1. The minimum Gasteiger partial charge on any atom is -0.384 e. The van der Waals surface area contributed by atoms with Crippen molar-refractivity contribution in [2.24, 2.45) is 10.7 Å². The summed E-state index contributed by atoms with van der Waals surface area (Å²) in [4.78, 5) is 20.3. The summed E-state index contributed by atoms with van der Waals surface area (Å²) in [5.41, 5.74) is 14.0. The van der Waals surface area contributed by atoms with Gasteiger partial charge < -0.3 is 21.5 Å². The van der Waals surface area contributed by atoms with Crippen LogP contribution in [0.4, 0.5) is 5.82 Å². The number of aromatic nitrogens is 1. The predicted molar refractivity (Wildman–Crippen MR) is 120 cm³/mol. The highest BCUT2D eigenvalue weighted by atomic mass is 16.5. The van der Waals surface area contributed by atoms with Crippen molar-refractivity contribution in [1.82, 2.24) is 10.3 Å². The highest BCUT2D eigenvalue weighted by molar-refractivity contribution is 6.31. The first-order chi connectivity index (χ1) is 13.8. The molecule has 1 amide bonds. The number of nitrogens with zero attached hydrogens (tertiary/aromatic N) is 2. The van der Waals surface area contributed by atoms with E-state index in [1.807, 2.05) is 13.8 Å². The molecule has 0 aliphatic carbocycles. The minimum absolute atomic E-state index is 0.134. The predicted octanol–water partition coefficient (Wildman–Crippen LogP) is 3.55. The van der Waals surface area contributed by atoms with Crippen LogP contribution in [-0.4, -0.2) is 29.9 Å². The summed E-state index contributed by atoms with van der Waals surface area (Å²) in [6, 6.07) is 3.40. The Morgan fingerprint density at radius 2 is 1.90 bits per heavy atom. The van der Waals surface area contributed by atoms with E-state index in [9.17, 15) is 4.79 Å². The number of ether oxygens (including phenoxy) is 1. The van der Waals surface area contributed by atoms with Crippen LogP contribution in [0.25, 0.3) is 5.57 Å². The third kappa shape index (κ3) is 8.31. The number of carbonyl (C=O) groups is 1. The molecule has 2 aliphatic heterocycles. The van der Waals surface area contributed by atoms with Crippen LogP contribution in [0.1, 0.15) is 52.5 Å². The largest absolute Gasteiger partial charge is 0.384 e. The number of nitrogens with one attached hydrogen (secondary N) is 1. The van der Waals surface area contributed by atoms with Crippen LogP contribution >= 0.6 is 0 Å². The van der Waals surface area contributed by atoms with E-state index >= 15 is 0 Å². The summed E-state index contributed by atoms with van der Waals surface area (Å²) >= 11 is 0. The lowest BCUT2D eigenvalue weighted by Gasteiger charge is -2.19. The monoisotopic (exact) mass is 399 g/mol. The van der Waals surface area contributed by atoms with Crippen LogP contribution in [0.15, 0.2) is 52.9 Å². The Kier molecular flexibility index (Phi) is 10.4. The van der Waals surface area contributed by atoms with Crippen molar-refractivity contribution in [3.63, 3.8) is 0 Å². The van der Waals surface area contributed by atoms with Gasteiger partial charge in [-0.1, -0.05) is 32.4 Å². The van der Waals surface area contributed by atoms with Gasteiger partial charge in [-0.2, -0.15) is 0 Å². The van der Waals surface area contributed by atoms with Crippen molar-refractivity contribution in [2.75, 3.05) is 18.9 Å². The van der Waals surface area contributed by atoms with Crippen molar-refractivity contribution < 1.29 is 9.53 Å². The first-order valence-electron chi connectivity index (χ1n) is 9.83. The van der Waals surface area contributed by atoms with Crippen molar-refractivity contribution in [3.8, 4) is 0 Å². The molecule has 0 atom stereocenters. The number of rotatable bonds is 2. The first kappa shape index (κ1) is 24.1. The van der Waals surface area contributed by atoms with Crippen LogP contribution < -0.4 is 16.8 Å². The molecule has 0 radical (unpaired) electrons. The topological polar surface area (TPSA) is 116 Å². The summed E-state index contributed by atoms with van der Waals surface area (Å²) < 4.78 is 4.94.